The highest BCUT2D eigenvalue weighted by molar-refractivity contribution is 7.15. The molecule has 0 saturated heterocycles. The fourth-order valence-electron chi connectivity index (χ4n) is 2.09. The van der Waals surface area contributed by atoms with Gasteiger partial charge in [0.15, 0.2) is 0 Å². The maximum absolute atomic E-state index is 12.1. The molecule has 118 valence electrons. The molecule has 0 saturated carbocycles. The van der Waals surface area contributed by atoms with Crippen molar-refractivity contribution in [2.75, 3.05) is 5.32 Å². The van der Waals surface area contributed by atoms with Crippen LogP contribution < -0.4 is 5.32 Å². The first-order chi connectivity index (χ1) is 10.5. The molecule has 0 fully saturated rings. The molecule has 0 aliphatic rings. The normalized spacial score (nSPS) is 11.0. The Morgan fingerprint density at radius 3 is 2.64 bits per heavy atom. The molecule has 1 heterocycles. The first kappa shape index (κ1) is 17.2. The van der Waals surface area contributed by atoms with Gasteiger partial charge in [0.2, 0.25) is 11.0 Å². The van der Waals surface area contributed by atoms with E-state index < -0.39 is 0 Å². The molecule has 0 aliphatic heterocycles. The summed E-state index contributed by atoms with van der Waals surface area (Å²) in [6.07, 6.45) is 2.20. The van der Waals surface area contributed by atoms with Crippen molar-refractivity contribution in [3.63, 3.8) is 0 Å². The third-order valence-electron chi connectivity index (χ3n) is 3.39. The van der Waals surface area contributed by atoms with Crippen molar-refractivity contribution in [2.24, 2.45) is 0 Å². The molecule has 0 unspecified atom stereocenters. The minimum Gasteiger partial charge on any atom is -0.300 e. The monoisotopic (exact) mass is 357 g/mol. The van der Waals surface area contributed by atoms with Gasteiger partial charge in [-0.3, -0.25) is 4.79 Å². The zero-order valence-electron chi connectivity index (χ0n) is 12.4. The standard InChI is InChI=1S/C15H17Cl2N3OS/c1-3-9(4-2)14-19-20-15(22-14)18-13(21)7-10-5-6-11(16)8-12(10)17/h5-6,8-9H,3-4,7H2,1-2H3,(H,18,20,21). The predicted octanol–water partition coefficient (Wildman–Crippen LogP) is 4.93. The van der Waals surface area contributed by atoms with Crippen LogP contribution in [0.3, 0.4) is 0 Å². The fraction of sp³-hybridized carbons (Fsp3) is 0.400. The SMILES string of the molecule is CCC(CC)c1nnc(NC(=O)Cc2ccc(Cl)cc2Cl)s1. The van der Waals surface area contributed by atoms with E-state index in [0.717, 1.165) is 23.4 Å². The molecule has 2 aromatic rings. The van der Waals surface area contributed by atoms with Crippen LogP contribution >= 0.6 is 34.5 Å². The van der Waals surface area contributed by atoms with Gasteiger partial charge in [0.25, 0.3) is 0 Å². The summed E-state index contributed by atoms with van der Waals surface area (Å²) in [5.41, 5.74) is 0.730. The second-order valence-corrected chi connectivity index (χ2v) is 6.77. The molecule has 0 aliphatic carbocycles. The summed E-state index contributed by atoms with van der Waals surface area (Å²) in [7, 11) is 0. The van der Waals surface area contributed by atoms with Crippen molar-refractivity contribution in [1.82, 2.24) is 10.2 Å². The predicted molar refractivity (Wildman–Crippen MR) is 92.0 cm³/mol. The van der Waals surface area contributed by atoms with Gasteiger partial charge in [-0.2, -0.15) is 0 Å². The van der Waals surface area contributed by atoms with Gasteiger partial charge in [-0.1, -0.05) is 54.5 Å². The highest BCUT2D eigenvalue weighted by atomic mass is 35.5. The number of carbonyl (C=O) groups excluding carboxylic acids is 1. The third-order valence-corrected chi connectivity index (χ3v) is 4.98. The second-order valence-electron chi connectivity index (χ2n) is 4.92. The molecule has 0 radical (unpaired) electrons. The van der Waals surface area contributed by atoms with Crippen LogP contribution in [-0.4, -0.2) is 16.1 Å². The Hall–Kier alpha value is -1.17. The van der Waals surface area contributed by atoms with Gasteiger partial charge in [0.1, 0.15) is 5.01 Å². The molecule has 0 atom stereocenters. The van der Waals surface area contributed by atoms with Gasteiger partial charge in [-0.25, -0.2) is 0 Å². The Labute approximate surface area is 143 Å². The molecular weight excluding hydrogens is 341 g/mol. The number of benzene rings is 1. The first-order valence-electron chi connectivity index (χ1n) is 7.10. The van der Waals surface area contributed by atoms with E-state index in [0.29, 0.717) is 21.1 Å². The molecule has 22 heavy (non-hydrogen) atoms. The molecule has 1 amide bonds. The maximum Gasteiger partial charge on any atom is 0.230 e. The van der Waals surface area contributed by atoms with Crippen LogP contribution in [0.2, 0.25) is 10.0 Å². The van der Waals surface area contributed by atoms with E-state index in [4.69, 9.17) is 23.2 Å². The van der Waals surface area contributed by atoms with Crippen molar-refractivity contribution in [3.05, 3.63) is 38.8 Å². The number of amides is 1. The van der Waals surface area contributed by atoms with Crippen LogP contribution in [0.15, 0.2) is 18.2 Å². The van der Waals surface area contributed by atoms with Crippen LogP contribution in [0.25, 0.3) is 0 Å². The van der Waals surface area contributed by atoms with Crippen LogP contribution in [0, 0.1) is 0 Å². The minimum atomic E-state index is -0.170. The zero-order valence-corrected chi connectivity index (χ0v) is 14.7. The number of hydrogen-bond acceptors (Lipinski definition) is 4. The largest absolute Gasteiger partial charge is 0.300 e. The zero-order chi connectivity index (χ0) is 16.1. The molecule has 2 rings (SSSR count). The summed E-state index contributed by atoms with van der Waals surface area (Å²) < 4.78 is 0. The van der Waals surface area contributed by atoms with E-state index in [-0.39, 0.29) is 12.3 Å². The van der Waals surface area contributed by atoms with Crippen LogP contribution in [0.1, 0.15) is 43.2 Å². The number of hydrogen-bond donors (Lipinski definition) is 1. The molecule has 0 spiro atoms. The Balaban J connectivity index is 2.00. The minimum absolute atomic E-state index is 0.170. The van der Waals surface area contributed by atoms with Crippen molar-refractivity contribution >= 4 is 45.6 Å². The highest BCUT2D eigenvalue weighted by Crippen LogP contribution is 2.28. The fourth-order valence-corrected chi connectivity index (χ4v) is 3.59. The van der Waals surface area contributed by atoms with Gasteiger partial charge in [-0.05, 0) is 30.5 Å². The summed E-state index contributed by atoms with van der Waals surface area (Å²) in [5.74, 6) is 0.227. The molecule has 0 bridgehead atoms. The van der Waals surface area contributed by atoms with Gasteiger partial charge in [0, 0.05) is 16.0 Å². The van der Waals surface area contributed by atoms with E-state index in [9.17, 15) is 4.79 Å². The molecular formula is C15H17Cl2N3OS. The number of anilines is 1. The lowest BCUT2D eigenvalue weighted by molar-refractivity contribution is -0.115. The lowest BCUT2D eigenvalue weighted by Crippen LogP contribution is -2.14. The van der Waals surface area contributed by atoms with Gasteiger partial charge in [0.05, 0.1) is 6.42 Å². The van der Waals surface area contributed by atoms with Crippen molar-refractivity contribution in [2.45, 2.75) is 39.0 Å². The van der Waals surface area contributed by atoms with E-state index >= 15 is 0 Å². The number of nitrogens with zero attached hydrogens (tertiary/aromatic N) is 2. The Morgan fingerprint density at radius 2 is 2.00 bits per heavy atom. The quantitative estimate of drug-likeness (QED) is 0.797. The summed E-state index contributed by atoms with van der Waals surface area (Å²) in [6, 6.07) is 5.09. The topological polar surface area (TPSA) is 54.9 Å². The smallest absolute Gasteiger partial charge is 0.230 e. The number of halogens is 2. The number of rotatable bonds is 6. The summed E-state index contributed by atoms with van der Waals surface area (Å²) in [5, 5.41) is 13.5. The summed E-state index contributed by atoms with van der Waals surface area (Å²) in [4.78, 5) is 12.1. The Bertz CT molecular complexity index is 656. The summed E-state index contributed by atoms with van der Waals surface area (Å²) in [6.45, 7) is 4.24. The van der Waals surface area contributed by atoms with E-state index in [1.54, 1.807) is 18.2 Å². The second kappa shape index (κ2) is 7.90. The highest BCUT2D eigenvalue weighted by Gasteiger charge is 2.15. The average Bonchev–Trinajstić information content (AvgIpc) is 2.91. The van der Waals surface area contributed by atoms with Crippen LogP contribution in [0.4, 0.5) is 5.13 Å². The van der Waals surface area contributed by atoms with Gasteiger partial charge < -0.3 is 5.32 Å². The van der Waals surface area contributed by atoms with Crippen LogP contribution in [-0.2, 0) is 11.2 Å². The van der Waals surface area contributed by atoms with Gasteiger partial charge >= 0.3 is 0 Å². The molecule has 7 heteroatoms. The lowest BCUT2D eigenvalue weighted by atomic mass is 10.1. The lowest BCUT2D eigenvalue weighted by Gasteiger charge is -2.06. The van der Waals surface area contributed by atoms with E-state index in [2.05, 4.69) is 29.4 Å². The molecule has 4 nitrogen and oxygen atoms in total. The maximum atomic E-state index is 12.1. The number of nitrogens with one attached hydrogen (secondary N) is 1. The third kappa shape index (κ3) is 4.41. The summed E-state index contributed by atoms with van der Waals surface area (Å²) >= 11 is 13.3. The molecule has 1 aromatic heterocycles. The van der Waals surface area contributed by atoms with Crippen LogP contribution in [0.5, 0.6) is 0 Å². The average molecular weight is 358 g/mol. The Morgan fingerprint density at radius 1 is 1.27 bits per heavy atom. The molecule has 1 aromatic carbocycles. The van der Waals surface area contributed by atoms with E-state index in [1.807, 2.05) is 0 Å². The van der Waals surface area contributed by atoms with E-state index in [1.165, 1.54) is 11.3 Å². The molecule has 1 N–H and O–H groups in total. The van der Waals surface area contributed by atoms with Crippen molar-refractivity contribution in [3.8, 4) is 0 Å². The number of carbonyl (C=O) groups is 1. The van der Waals surface area contributed by atoms with Gasteiger partial charge in [-0.15, -0.1) is 10.2 Å². The van der Waals surface area contributed by atoms with Crippen molar-refractivity contribution < 1.29 is 4.79 Å². The van der Waals surface area contributed by atoms with Crippen molar-refractivity contribution in [1.29, 1.82) is 0 Å². The Kier molecular flexibility index (Phi) is 6.17. The number of aromatic nitrogens is 2. The first-order valence-corrected chi connectivity index (χ1v) is 8.67.